The number of rotatable bonds is 9. The fourth-order valence-electron chi connectivity index (χ4n) is 2.80. The van der Waals surface area contributed by atoms with Gasteiger partial charge in [0.15, 0.2) is 0 Å². The van der Waals surface area contributed by atoms with Crippen LogP contribution in [-0.4, -0.2) is 23.1 Å². The van der Waals surface area contributed by atoms with Gasteiger partial charge in [0.05, 0.1) is 0 Å². The van der Waals surface area contributed by atoms with E-state index in [1.54, 1.807) is 5.57 Å². The number of unbranched alkanes of at least 4 members (excludes halogenated alkanes) is 2. The van der Waals surface area contributed by atoms with Gasteiger partial charge in [-0.15, -0.1) is 0 Å². The highest BCUT2D eigenvalue weighted by Crippen LogP contribution is 2.20. The smallest absolute Gasteiger partial charge is 0.224 e. The molecule has 0 saturated carbocycles. The van der Waals surface area contributed by atoms with Crippen molar-refractivity contribution in [3.8, 4) is 0 Å². The summed E-state index contributed by atoms with van der Waals surface area (Å²) in [5.41, 5.74) is 2.61. The second-order valence-corrected chi connectivity index (χ2v) is 6.14. The van der Waals surface area contributed by atoms with E-state index in [-0.39, 0.29) is 0 Å². The number of nitrogens with one attached hydrogen (secondary N) is 2. The zero-order chi connectivity index (χ0) is 15.6. The zero-order valence-corrected chi connectivity index (χ0v) is 14.1. The fourth-order valence-corrected chi connectivity index (χ4v) is 2.80. The molecule has 0 atom stereocenters. The summed E-state index contributed by atoms with van der Waals surface area (Å²) in [6, 6.07) is 2.02. The van der Waals surface area contributed by atoms with Gasteiger partial charge in [-0.05, 0) is 45.4 Å². The molecule has 2 N–H and O–H groups in total. The molecule has 2 rings (SSSR count). The number of aromatic nitrogens is 2. The van der Waals surface area contributed by atoms with E-state index in [1.807, 2.05) is 13.0 Å². The van der Waals surface area contributed by atoms with Crippen LogP contribution >= 0.6 is 0 Å². The Kier molecular flexibility index (Phi) is 7.20. The van der Waals surface area contributed by atoms with Crippen LogP contribution in [0.5, 0.6) is 0 Å². The van der Waals surface area contributed by atoms with Crippen molar-refractivity contribution in [3.63, 3.8) is 0 Å². The molecule has 4 heteroatoms. The molecular weight excluding hydrogens is 272 g/mol. The van der Waals surface area contributed by atoms with Gasteiger partial charge in [0.25, 0.3) is 0 Å². The molecule has 1 aromatic heterocycles. The van der Waals surface area contributed by atoms with Crippen LogP contribution in [-0.2, 0) is 0 Å². The molecule has 0 saturated heterocycles. The van der Waals surface area contributed by atoms with Crippen molar-refractivity contribution in [2.75, 3.05) is 23.7 Å². The Morgan fingerprint density at radius 3 is 2.77 bits per heavy atom. The molecule has 0 fully saturated rings. The minimum atomic E-state index is 0.746. The van der Waals surface area contributed by atoms with E-state index in [0.29, 0.717) is 0 Å². The summed E-state index contributed by atoms with van der Waals surface area (Å²) in [4.78, 5) is 9.02. The zero-order valence-electron chi connectivity index (χ0n) is 14.1. The van der Waals surface area contributed by atoms with E-state index in [0.717, 1.165) is 37.0 Å². The van der Waals surface area contributed by atoms with E-state index in [1.165, 1.54) is 44.9 Å². The van der Waals surface area contributed by atoms with Gasteiger partial charge in [-0.1, -0.05) is 31.4 Å². The molecule has 0 radical (unpaired) electrons. The summed E-state index contributed by atoms with van der Waals surface area (Å²) >= 11 is 0. The van der Waals surface area contributed by atoms with E-state index in [2.05, 4.69) is 33.6 Å². The third-order valence-electron chi connectivity index (χ3n) is 4.05. The topological polar surface area (TPSA) is 49.8 Å². The second-order valence-electron chi connectivity index (χ2n) is 6.14. The lowest BCUT2D eigenvalue weighted by Crippen LogP contribution is -2.10. The lowest BCUT2D eigenvalue weighted by Gasteiger charge is -2.14. The van der Waals surface area contributed by atoms with Crippen molar-refractivity contribution in [2.24, 2.45) is 0 Å². The predicted octanol–water partition coefficient (Wildman–Crippen LogP) is 4.69. The average Bonchev–Trinajstić information content (AvgIpc) is 2.52. The van der Waals surface area contributed by atoms with Gasteiger partial charge in [-0.3, -0.25) is 0 Å². The molecule has 0 aromatic carbocycles. The quantitative estimate of drug-likeness (QED) is 0.513. The van der Waals surface area contributed by atoms with Crippen LogP contribution in [0, 0.1) is 6.92 Å². The number of anilines is 2. The third-order valence-corrected chi connectivity index (χ3v) is 4.05. The highest BCUT2D eigenvalue weighted by molar-refractivity contribution is 5.42. The van der Waals surface area contributed by atoms with Crippen LogP contribution in [0.3, 0.4) is 0 Å². The normalized spacial score (nSPS) is 14.5. The van der Waals surface area contributed by atoms with Crippen LogP contribution in [0.25, 0.3) is 0 Å². The monoisotopic (exact) mass is 302 g/mol. The molecule has 0 amide bonds. The summed E-state index contributed by atoms with van der Waals surface area (Å²) in [5.74, 6) is 1.68. The molecule has 4 nitrogen and oxygen atoms in total. The lowest BCUT2D eigenvalue weighted by atomic mass is 9.97. The van der Waals surface area contributed by atoms with Crippen molar-refractivity contribution in [1.29, 1.82) is 0 Å². The Balaban J connectivity index is 1.79. The van der Waals surface area contributed by atoms with E-state index in [4.69, 9.17) is 0 Å². The van der Waals surface area contributed by atoms with Crippen molar-refractivity contribution in [3.05, 3.63) is 23.4 Å². The van der Waals surface area contributed by atoms with Crippen molar-refractivity contribution in [1.82, 2.24) is 9.97 Å². The molecule has 1 heterocycles. The van der Waals surface area contributed by atoms with E-state index in [9.17, 15) is 0 Å². The Labute approximate surface area is 134 Å². The SMILES string of the molecule is CCCCCNc1nc(C)cc(NCCC2=CCCCC2)n1. The van der Waals surface area contributed by atoms with Crippen molar-refractivity contribution < 1.29 is 0 Å². The Bertz CT molecular complexity index is 482. The second kappa shape index (κ2) is 9.44. The first-order valence-electron chi connectivity index (χ1n) is 8.79. The van der Waals surface area contributed by atoms with Crippen molar-refractivity contribution in [2.45, 2.75) is 65.2 Å². The summed E-state index contributed by atoms with van der Waals surface area (Å²) in [5, 5.41) is 6.77. The molecule has 1 aromatic rings. The fraction of sp³-hybridized carbons (Fsp3) is 0.667. The average molecular weight is 302 g/mol. The summed E-state index contributed by atoms with van der Waals surface area (Å²) in [6.45, 7) is 6.14. The molecule has 0 unspecified atom stereocenters. The lowest BCUT2D eigenvalue weighted by molar-refractivity contribution is 0.679. The van der Waals surface area contributed by atoms with Gasteiger partial charge < -0.3 is 10.6 Å². The van der Waals surface area contributed by atoms with Gasteiger partial charge in [0, 0.05) is 24.8 Å². The van der Waals surface area contributed by atoms with Gasteiger partial charge in [0.2, 0.25) is 5.95 Å². The predicted molar refractivity (Wildman–Crippen MR) is 94.4 cm³/mol. The first-order chi connectivity index (χ1) is 10.8. The van der Waals surface area contributed by atoms with Crippen LogP contribution in [0.2, 0.25) is 0 Å². The molecular formula is C18H30N4. The number of hydrogen-bond acceptors (Lipinski definition) is 4. The summed E-state index contributed by atoms with van der Waals surface area (Å²) < 4.78 is 0. The van der Waals surface area contributed by atoms with Crippen LogP contribution in [0.4, 0.5) is 11.8 Å². The molecule has 0 spiro atoms. The maximum atomic E-state index is 4.56. The van der Waals surface area contributed by atoms with Gasteiger partial charge in [-0.25, -0.2) is 4.98 Å². The maximum Gasteiger partial charge on any atom is 0.224 e. The van der Waals surface area contributed by atoms with Crippen LogP contribution < -0.4 is 10.6 Å². The van der Waals surface area contributed by atoms with Crippen LogP contribution in [0.15, 0.2) is 17.7 Å². The summed E-state index contributed by atoms with van der Waals surface area (Å²) in [7, 11) is 0. The van der Waals surface area contributed by atoms with Crippen molar-refractivity contribution >= 4 is 11.8 Å². The maximum absolute atomic E-state index is 4.56. The van der Waals surface area contributed by atoms with E-state index >= 15 is 0 Å². The first-order valence-corrected chi connectivity index (χ1v) is 8.79. The minimum absolute atomic E-state index is 0.746. The molecule has 0 aliphatic heterocycles. The Hall–Kier alpha value is -1.58. The van der Waals surface area contributed by atoms with Gasteiger partial charge in [0.1, 0.15) is 5.82 Å². The van der Waals surface area contributed by atoms with Gasteiger partial charge >= 0.3 is 0 Å². The van der Waals surface area contributed by atoms with Gasteiger partial charge in [-0.2, -0.15) is 4.98 Å². The molecule has 1 aliphatic rings. The number of hydrogen-bond donors (Lipinski definition) is 2. The minimum Gasteiger partial charge on any atom is -0.370 e. The molecule has 22 heavy (non-hydrogen) atoms. The number of nitrogens with zero attached hydrogens (tertiary/aromatic N) is 2. The first kappa shape index (κ1) is 16.8. The van der Waals surface area contributed by atoms with Crippen LogP contribution in [0.1, 0.15) is 64.0 Å². The number of aryl methyl sites for hydroxylation is 1. The highest BCUT2D eigenvalue weighted by atomic mass is 15.1. The highest BCUT2D eigenvalue weighted by Gasteiger charge is 2.05. The number of allylic oxidation sites excluding steroid dienone is 1. The summed E-state index contributed by atoms with van der Waals surface area (Å²) in [6.07, 6.45) is 12.4. The molecule has 0 bridgehead atoms. The third kappa shape index (κ3) is 6.04. The Morgan fingerprint density at radius 1 is 1.09 bits per heavy atom. The largest absolute Gasteiger partial charge is 0.370 e. The van der Waals surface area contributed by atoms with E-state index < -0.39 is 0 Å². The molecule has 122 valence electrons. The Morgan fingerprint density at radius 2 is 2.00 bits per heavy atom. The standard InChI is InChI=1S/C18H30N4/c1-3-4-8-12-20-18-21-15(2)14-17(22-18)19-13-11-16-9-6-5-7-10-16/h9,14H,3-8,10-13H2,1-2H3,(H2,19,20,21,22). The molecule has 1 aliphatic carbocycles.